The predicted octanol–water partition coefficient (Wildman–Crippen LogP) is 4.38. The van der Waals surface area contributed by atoms with E-state index in [1.165, 1.54) is 0 Å². The Labute approximate surface area is 169 Å². The molecule has 1 N–H and O–H groups in total. The summed E-state index contributed by atoms with van der Waals surface area (Å²) in [7, 11) is -3.41. The quantitative estimate of drug-likeness (QED) is 0.620. The number of hydrogen-bond donors (Lipinski definition) is 1. The highest BCUT2D eigenvalue weighted by atomic mass is 35.5. The number of aliphatic hydroxyl groups excluding tert-OH is 1. The van der Waals surface area contributed by atoms with Crippen molar-refractivity contribution in [2.75, 3.05) is 12.4 Å². The van der Waals surface area contributed by atoms with Crippen LogP contribution in [0.4, 0.5) is 0 Å². The molecule has 1 heterocycles. The van der Waals surface area contributed by atoms with Crippen LogP contribution in [-0.2, 0) is 9.84 Å². The smallest absolute Gasteiger partial charge is 0.178 e. The summed E-state index contributed by atoms with van der Waals surface area (Å²) in [4.78, 5) is 0.229. The van der Waals surface area contributed by atoms with E-state index in [9.17, 15) is 8.42 Å². The van der Waals surface area contributed by atoms with E-state index in [0.29, 0.717) is 5.15 Å². The SMILES string of the molecule is C=C(C)c1ccc(-n2nc(Cl)cc2-c2ccc(S(=O)(=O)CCCO)cc2)cc1. The van der Waals surface area contributed by atoms with Crippen molar-refractivity contribution in [2.45, 2.75) is 18.2 Å². The van der Waals surface area contributed by atoms with Crippen molar-refractivity contribution in [2.24, 2.45) is 0 Å². The van der Waals surface area contributed by atoms with Gasteiger partial charge in [-0.3, -0.25) is 0 Å². The zero-order chi connectivity index (χ0) is 20.3. The van der Waals surface area contributed by atoms with Crippen LogP contribution in [0.5, 0.6) is 0 Å². The zero-order valence-corrected chi connectivity index (χ0v) is 17.0. The van der Waals surface area contributed by atoms with Gasteiger partial charge in [-0.1, -0.05) is 48.0 Å². The van der Waals surface area contributed by atoms with E-state index in [2.05, 4.69) is 11.7 Å². The fourth-order valence-electron chi connectivity index (χ4n) is 2.85. The van der Waals surface area contributed by atoms with Gasteiger partial charge in [-0.25, -0.2) is 13.1 Å². The molecule has 0 aliphatic heterocycles. The monoisotopic (exact) mass is 416 g/mol. The second-order valence-corrected chi connectivity index (χ2v) is 9.01. The summed E-state index contributed by atoms with van der Waals surface area (Å²) in [6, 6.07) is 16.1. The molecule has 0 radical (unpaired) electrons. The maximum absolute atomic E-state index is 12.3. The van der Waals surface area contributed by atoms with E-state index < -0.39 is 9.84 Å². The molecule has 2 aromatic carbocycles. The minimum atomic E-state index is -3.41. The van der Waals surface area contributed by atoms with E-state index in [4.69, 9.17) is 16.7 Å². The molecule has 7 heteroatoms. The molecule has 0 bridgehead atoms. The summed E-state index contributed by atoms with van der Waals surface area (Å²) in [5.74, 6) is -0.0817. The van der Waals surface area contributed by atoms with Gasteiger partial charge in [0.2, 0.25) is 0 Å². The molecule has 0 aliphatic carbocycles. The molecule has 0 amide bonds. The second-order valence-electron chi connectivity index (χ2n) is 6.51. The molecule has 3 rings (SSSR count). The predicted molar refractivity (Wildman–Crippen MR) is 112 cm³/mol. The van der Waals surface area contributed by atoms with Crippen molar-refractivity contribution >= 4 is 27.0 Å². The molecule has 3 aromatic rings. The average molecular weight is 417 g/mol. The summed E-state index contributed by atoms with van der Waals surface area (Å²) in [6.45, 7) is 5.73. The van der Waals surface area contributed by atoms with Crippen LogP contribution in [0.15, 0.2) is 66.1 Å². The van der Waals surface area contributed by atoms with Gasteiger partial charge in [0.05, 0.1) is 22.0 Å². The lowest BCUT2D eigenvalue weighted by molar-refractivity contribution is 0.295. The average Bonchev–Trinajstić information content (AvgIpc) is 3.08. The number of halogens is 1. The molecular weight excluding hydrogens is 396 g/mol. The molecule has 0 atom stereocenters. The van der Waals surface area contributed by atoms with Gasteiger partial charge in [-0.05, 0) is 43.2 Å². The molecule has 0 saturated carbocycles. The van der Waals surface area contributed by atoms with E-state index in [1.807, 2.05) is 31.2 Å². The Bertz CT molecular complexity index is 1090. The van der Waals surface area contributed by atoms with E-state index in [1.54, 1.807) is 35.0 Å². The lowest BCUT2D eigenvalue weighted by Crippen LogP contribution is -2.08. The highest BCUT2D eigenvalue weighted by Gasteiger charge is 2.16. The summed E-state index contributed by atoms with van der Waals surface area (Å²) in [5, 5.41) is 13.6. The van der Waals surface area contributed by atoms with Gasteiger partial charge in [-0.15, -0.1) is 0 Å². The molecule has 0 unspecified atom stereocenters. The third kappa shape index (κ3) is 4.35. The molecule has 0 spiro atoms. The Balaban J connectivity index is 1.96. The standard InChI is InChI=1S/C21H21ClN2O3S/c1-15(2)16-4-8-18(9-5-16)24-20(14-21(22)23-24)17-6-10-19(11-7-17)28(26,27)13-3-12-25/h4-11,14,25H,1,3,12-13H2,2H3. The van der Waals surface area contributed by atoms with Crippen molar-refractivity contribution in [3.05, 3.63) is 71.9 Å². The Hall–Kier alpha value is -2.41. The summed E-state index contributed by atoms with van der Waals surface area (Å²) < 4.78 is 26.2. The van der Waals surface area contributed by atoms with Gasteiger partial charge in [0.1, 0.15) is 0 Å². The summed E-state index contributed by atoms with van der Waals surface area (Å²) >= 11 is 6.14. The van der Waals surface area contributed by atoms with Gasteiger partial charge < -0.3 is 5.11 Å². The minimum Gasteiger partial charge on any atom is -0.396 e. The molecule has 0 aliphatic rings. The lowest BCUT2D eigenvalue weighted by Gasteiger charge is -2.10. The van der Waals surface area contributed by atoms with Crippen molar-refractivity contribution in [1.82, 2.24) is 9.78 Å². The summed E-state index contributed by atoms with van der Waals surface area (Å²) in [6.07, 6.45) is 0.215. The molecule has 5 nitrogen and oxygen atoms in total. The number of aromatic nitrogens is 2. The number of allylic oxidation sites excluding steroid dienone is 1. The number of hydrogen-bond acceptors (Lipinski definition) is 4. The van der Waals surface area contributed by atoms with Crippen LogP contribution in [-0.4, -0.2) is 35.7 Å². The Morgan fingerprint density at radius 3 is 2.36 bits per heavy atom. The summed E-state index contributed by atoms with van der Waals surface area (Å²) in [5.41, 5.74) is 4.41. The number of nitrogens with zero attached hydrogens (tertiary/aromatic N) is 2. The van der Waals surface area contributed by atoms with Crippen LogP contribution in [0.25, 0.3) is 22.5 Å². The second kappa shape index (κ2) is 8.31. The fraction of sp³-hybridized carbons (Fsp3) is 0.190. The zero-order valence-electron chi connectivity index (χ0n) is 15.5. The van der Waals surface area contributed by atoms with Crippen LogP contribution in [0.3, 0.4) is 0 Å². The maximum Gasteiger partial charge on any atom is 0.178 e. The van der Waals surface area contributed by atoms with Crippen molar-refractivity contribution in [3.63, 3.8) is 0 Å². The first-order chi connectivity index (χ1) is 13.3. The minimum absolute atomic E-state index is 0.0817. The van der Waals surface area contributed by atoms with Crippen molar-refractivity contribution < 1.29 is 13.5 Å². The number of sulfone groups is 1. The van der Waals surface area contributed by atoms with Crippen LogP contribution in [0, 0.1) is 0 Å². The Morgan fingerprint density at radius 2 is 1.79 bits per heavy atom. The third-order valence-corrected chi connectivity index (χ3v) is 6.37. The number of benzene rings is 2. The molecular formula is C21H21ClN2O3S. The van der Waals surface area contributed by atoms with E-state index in [-0.39, 0.29) is 23.7 Å². The van der Waals surface area contributed by atoms with Crippen LogP contribution < -0.4 is 0 Å². The molecule has 28 heavy (non-hydrogen) atoms. The van der Waals surface area contributed by atoms with Crippen LogP contribution >= 0.6 is 11.6 Å². The Kier molecular flexibility index (Phi) is 6.03. The first-order valence-electron chi connectivity index (χ1n) is 8.78. The van der Waals surface area contributed by atoms with E-state index in [0.717, 1.165) is 28.1 Å². The lowest BCUT2D eigenvalue weighted by atomic mass is 10.1. The molecule has 0 fully saturated rings. The highest BCUT2D eigenvalue weighted by Crippen LogP contribution is 2.28. The van der Waals surface area contributed by atoms with Crippen molar-refractivity contribution in [1.29, 1.82) is 0 Å². The highest BCUT2D eigenvalue weighted by molar-refractivity contribution is 7.91. The first kappa shape index (κ1) is 20.3. The maximum atomic E-state index is 12.3. The van der Waals surface area contributed by atoms with Gasteiger partial charge in [0, 0.05) is 18.2 Å². The van der Waals surface area contributed by atoms with Gasteiger partial charge in [-0.2, -0.15) is 5.10 Å². The largest absolute Gasteiger partial charge is 0.396 e. The molecule has 1 aromatic heterocycles. The number of aliphatic hydroxyl groups is 1. The fourth-order valence-corrected chi connectivity index (χ4v) is 4.32. The number of rotatable bonds is 7. The normalized spacial score (nSPS) is 11.5. The molecule has 146 valence electrons. The topological polar surface area (TPSA) is 72.2 Å². The first-order valence-corrected chi connectivity index (χ1v) is 10.8. The van der Waals surface area contributed by atoms with Crippen molar-refractivity contribution in [3.8, 4) is 16.9 Å². The Morgan fingerprint density at radius 1 is 1.14 bits per heavy atom. The third-order valence-electron chi connectivity index (χ3n) is 4.36. The van der Waals surface area contributed by atoms with Gasteiger partial charge in [0.25, 0.3) is 0 Å². The van der Waals surface area contributed by atoms with Crippen LogP contribution in [0.2, 0.25) is 5.15 Å². The molecule has 0 saturated heterocycles. The van der Waals surface area contributed by atoms with Gasteiger partial charge >= 0.3 is 0 Å². The van der Waals surface area contributed by atoms with Gasteiger partial charge in [0.15, 0.2) is 15.0 Å². The van der Waals surface area contributed by atoms with Crippen LogP contribution in [0.1, 0.15) is 18.9 Å². The van der Waals surface area contributed by atoms with E-state index >= 15 is 0 Å².